The number of para-hydroxylation sites is 1. The maximum absolute atomic E-state index is 9.02. The van der Waals surface area contributed by atoms with E-state index in [9.17, 15) is 0 Å². The second-order valence-electron chi connectivity index (χ2n) is 9.54. The van der Waals surface area contributed by atoms with Crippen molar-refractivity contribution in [2.24, 2.45) is 0 Å². The monoisotopic (exact) mass is 503 g/mol. The van der Waals surface area contributed by atoms with E-state index in [2.05, 4.69) is 60.7 Å². The van der Waals surface area contributed by atoms with E-state index in [0.29, 0.717) is 5.56 Å². The topological polar surface area (TPSA) is 13.1 Å². The Morgan fingerprint density at radius 2 is 0.897 bits per heavy atom. The third-order valence-electron chi connectivity index (χ3n) is 7.34. The van der Waals surface area contributed by atoms with Gasteiger partial charge in [-0.2, -0.15) is 0 Å². The molecule has 8 rings (SSSR count). The van der Waals surface area contributed by atoms with Crippen molar-refractivity contribution in [2.75, 3.05) is 0 Å². The van der Waals surface area contributed by atoms with Crippen LogP contribution < -0.4 is 0 Å². The van der Waals surface area contributed by atoms with Gasteiger partial charge < -0.3 is 4.42 Å². The summed E-state index contributed by atoms with van der Waals surface area (Å²) in [4.78, 5) is 0. The zero-order valence-corrected chi connectivity index (χ0v) is 20.7. The van der Waals surface area contributed by atoms with Crippen LogP contribution in [0.2, 0.25) is 0 Å². The molecule has 0 saturated carbocycles. The van der Waals surface area contributed by atoms with Gasteiger partial charge in [0.15, 0.2) is 0 Å². The molecule has 1 aromatic heterocycles. The molecular formula is C38H24O. The lowest BCUT2D eigenvalue weighted by atomic mass is 9.86. The number of hydrogen-bond acceptors (Lipinski definition) is 1. The summed E-state index contributed by atoms with van der Waals surface area (Å²) in [6.07, 6.45) is 0. The van der Waals surface area contributed by atoms with Crippen LogP contribution in [-0.2, 0) is 0 Å². The van der Waals surface area contributed by atoms with E-state index in [1.807, 2.05) is 42.5 Å². The summed E-state index contributed by atoms with van der Waals surface area (Å²) in [6, 6.07) is 32.6. The zero-order chi connectivity index (χ0) is 31.9. The van der Waals surface area contributed by atoms with Gasteiger partial charge in [-0.05, 0) is 73.1 Å². The van der Waals surface area contributed by atoms with Crippen molar-refractivity contribution in [1.29, 1.82) is 0 Å². The SMILES string of the molecule is [2H]c1c([2H])c([2H])c2c(oc3c([2H])c(-c4ccc(-c5c6ccccc6c(-c6ccccc6)c6ccccc56)cc4)c([2H])c([2H])c32)c1[2H]. The van der Waals surface area contributed by atoms with Crippen molar-refractivity contribution >= 4 is 43.5 Å². The van der Waals surface area contributed by atoms with E-state index >= 15 is 0 Å². The zero-order valence-electron chi connectivity index (χ0n) is 27.7. The molecule has 8 aromatic rings. The van der Waals surface area contributed by atoms with Crippen LogP contribution in [-0.4, -0.2) is 0 Å². The van der Waals surface area contributed by atoms with E-state index in [1.165, 1.54) is 5.56 Å². The van der Waals surface area contributed by atoms with Gasteiger partial charge >= 0.3 is 0 Å². The Hall–Kier alpha value is -5.14. The lowest BCUT2D eigenvalue weighted by Crippen LogP contribution is -1.90. The van der Waals surface area contributed by atoms with Gasteiger partial charge in [0.2, 0.25) is 0 Å². The molecule has 0 spiro atoms. The molecule has 0 unspecified atom stereocenters. The first-order valence-electron chi connectivity index (χ1n) is 16.3. The van der Waals surface area contributed by atoms with Crippen molar-refractivity contribution in [3.05, 3.63) is 145 Å². The molecule has 7 aromatic carbocycles. The third-order valence-corrected chi connectivity index (χ3v) is 7.34. The molecule has 0 aliphatic heterocycles. The Morgan fingerprint density at radius 1 is 0.385 bits per heavy atom. The summed E-state index contributed by atoms with van der Waals surface area (Å²) in [5.41, 5.74) is 4.97. The smallest absolute Gasteiger partial charge is 0.136 e. The van der Waals surface area contributed by atoms with Crippen LogP contribution in [0, 0.1) is 0 Å². The highest BCUT2D eigenvalue weighted by atomic mass is 16.3. The van der Waals surface area contributed by atoms with E-state index in [1.54, 1.807) is 0 Å². The van der Waals surface area contributed by atoms with E-state index in [4.69, 9.17) is 14.0 Å². The minimum atomic E-state index is -0.451. The molecule has 1 heterocycles. The fraction of sp³-hybridized carbons (Fsp3) is 0. The first kappa shape index (κ1) is 16.0. The Bertz CT molecular complexity index is 2480. The summed E-state index contributed by atoms with van der Waals surface area (Å²) in [6.45, 7) is 0. The highest BCUT2D eigenvalue weighted by Gasteiger charge is 2.16. The first-order valence-corrected chi connectivity index (χ1v) is 12.8. The minimum Gasteiger partial charge on any atom is -0.456 e. The molecule has 0 radical (unpaired) electrons. The molecule has 0 aliphatic rings. The van der Waals surface area contributed by atoms with Gasteiger partial charge in [-0.3, -0.25) is 0 Å². The van der Waals surface area contributed by atoms with Gasteiger partial charge in [0, 0.05) is 10.8 Å². The first-order chi connectivity index (χ1) is 22.3. The van der Waals surface area contributed by atoms with Crippen LogP contribution in [0.15, 0.2) is 150 Å². The number of furan rings is 1. The molecule has 1 heteroatoms. The van der Waals surface area contributed by atoms with Crippen LogP contribution in [0.1, 0.15) is 9.60 Å². The highest BCUT2D eigenvalue weighted by Crippen LogP contribution is 2.43. The molecule has 0 aliphatic carbocycles. The Labute approximate surface area is 236 Å². The van der Waals surface area contributed by atoms with Gasteiger partial charge in [0.1, 0.15) is 11.2 Å². The van der Waals surface area contributed by atoms with Gasteiger partial charge in [0.05, 0.1) is 9.60 Å². The standard InChI is InChI=1S/C38H24O/c1-2-10-26(11-3-1)37-31-13-4-6-15-33(31)38(34-16-7-5-14-32(34)37)27-20-18-25(19-21-27)28-22-23-30-29-12-8-9-17-35(29)39-36(30)24-28/h1-24H/i8D,9D,12D,17D,22D,23D,24D. The molecule has 39 heavy (non-hydrogen) atoms. The van der Waals surface area contributed by atoms with Crippen molar-refractivity contribution in [1.82, 2.24) is 0 Å². The van der Waals surface area contributed by atoms with E-state index in [-0.39, 0.29) is 57.7 Å². The minimum absolute atomic E-state index is 0.0209. The van der Waals surface area contributed by atoms with Gasteiger partial charge in [0.25, 0.3) is 0 Å². The molecule has 0 atom stereocenters. The van der Waals surface area contributed by atoms with Crippen LogP contribution >= 0.6 is 0 Å². The average Bonchev–Trinajstić information content (AvgIpc) is 3.50. The fourth-order valence-corrected chi connectivity index (χ4v) is 5.60. The number of rotatable bonds is 3. The molecule has 0 saturated heterocycles. The summed E-state index contributed by atoms with van der Waals surface area (Å²) < 4.78 is 65.4. The maximum atomic E-state index is 9.02. The van der Waals surface area contributed by atoms with Gasteiger partial charge in [-0.1, -0.05) is 127 Å². The van der Waals surface area contributed by atoms with Crippen molar-refractivity contribution in [3.63, 3.8) is 0 Å². The van der Waals surface area contributed by atoms with Crippen molar-refractivity contribution in [3.8, 4) is 33.4 Å². The van der Waals surface area contributed by atoms with Gasteiger partial charge in [-0.15, -0.1) is 0 Å². The highest BCUT2D eigenvalue weighted by molar-refractivity contribution is 6.21. The molecule has 182 valence electrons. The largest absolute Gasteiger partial charge is 0.456 e. The molecule has 0 amide bonds. The summed E-state index contributed by atoms with van der Waals surface area (Å²) in [7, 11) is 0. The number of hydrogen-bond donors (Lipinski definition) is 0. The second-order valence-corrected chi connectivity index (χ2v) is 9.54. The predicted octanol–water partition coefficient (Wildman–Crippen LogP) is 10.9. The van der Waals surface area contributed by atoms with Crippen molar-refractivity contribution in [2.45, 2.75) is 0 Å². The Balaban J connectivity index is 1.35. The van der Waals surface area contributed by atoms with Crippen molar-refractivity contribution < 1.29 is 14.0 Å². The maximum Gasteiger partial charge on any atom is 0.136 e. The average molecular weight is 504 g/mol. The van der Waals surface area contributed by atoms with Crippen LogP contribution in [0.4, 0.5) is 0 Å². The van der Waals surface area contributed by atoms with E-state index in [0.717, 1.165) is 38.2 Å². The van der Waals surface area contributed by atoms with Crippen LogP contribution in [0.25, 0.3) is 76.9 Å². The molecule has 0 N–H and O–H groups in total. The predicted molar refractivity (Wildman–Crippen MR) is 165 cm³/mol. The normalized spacial score (nSPS) is 14.1. The lowest BCUT2D eigenvalue weighted by molar-refractivity contribution is 0.669. The summed E-state index contributed by atoms with van der Waals surface area (Å²) in [5.74, 6) is 0. The quantitative estimate of drug-likeness (QED) is 0.219. The Kier molecular flexibility index (Phi) is 3.57. The lowest BCUT2D eigenvalue weighted by Gasteiger charge is -2.18. The molecular weight excluding hydrogens is 472 g/mol. The molecule has 0 fully saturated rings. The fourth-order valence-electron chi connectivity index (χ4n) is 5.60. The van der Waals surface area contributed by atoms with Gasteiger partial charge in [-0.25, -0.2) is 0 Å². The van der Waals surface area contributed by atoms with Crippen LogP contribution in [0.3, 0.4) is 0 Å². The number of fused-ring (bicyclic) bond motifs is 5. The second kappa shape index (κ2) is 8.72. The van der Waals surface area contributed by atoms with E-state index < -0.39 is 12.1 Å². The Morgan fingerprint density at radius 3 is 1.54 bits per heavy atom. The summed E-state index contributed by atoms with van der Waals surface area (Å²) >= 11 is 0. The third kappa shape index (κ3) is 3.48. The molecule has 1 nitrogen and oxygen atoms in total. The summed E-state index contributed by atoms with van der Waals surface area (Å²) in [5, 5.41) is 4.55. The number of benzene rings is 7. The van der Waals surface area contributed by atoms with Crippen LogP contribution in [0.5, 0.6) is 0 Å². The molecule has 0 bridgehead atoms.